The summed E-state index contributed by atoms with van der Waals surface area (Å²) >= 11 is 0. The van der Waals surface area contributed by atoms with Gasteiger partial charge in [-0.05, 0) is 44.6 Å². The maximum Gasteiger partial charge on any atom is 0.326 e. The van der Waals surface area contributed by atoms with Crippen molar-refractivity contribution in [2.45, 2.75) is 70.5 Å². The first-order chi connectivity index (χ1) is 12.6. The Morgan fingerprint density at radius 1 is 0.963 bits per heavy atom. The minimum Gasteiger partial charge on any atom is -0.480 e. The van der Waals surface area contributed by atoms with E-state index in [1.807, 2.05) is 13.8 Å². The molecule has 10 heteroatoms. The summed E-state index contributed by atoms with van der Waals surface area (Å²) in [6.45, 7) is 4.23. The largest absolute Gasteiger partial charge is 0.480 e. The van der Waals surface area contributed by atoms with Crippen LogP contribution in [0.15, 0.2) is 0 Å². The molecule has 0 aliphatic rings. The van der Waals surface area contributed by atoms with Crippen molar-refractivity contribution in [2.75, 3.05) is 6.54 Å². The third-order valence-electron chi connectivity index (χ3n) is 3.94. The molecule has 3 atom stereocenters. The number of carboxylic acid groups (broad SMARTS) is 1. The second-order valence-electron chi connectivity index (χ2n) is 6.99. The molecule has 0 radical (unpaired) electrons. The maximum atomic E-state index is 12.5. The van der Waals surface area contributed by atoms with Crippen LogP contribution in [0.2, 0.25) is 0 Å². The number of aliphatic carboxylic acids is 1. The van der Waals surface area contributed by atoms with Crippen molar-refractivity contribution in [1.29, 1.82) is 0 Å². The molecule has 156 valence electrons. The number of hydrogen-bond donors (Lipinski definition) is 6. The molecule has 3 amide bonds. The minimum atomic E-state index is -1.18. The third-order valence-corrected chi connectivity index (χ3v) is 3.94. The average molecular weight is 387 g/mol. The summed E-state index contributed by atoms with van der Waals surface area (Å²) in [5, 5.41) is 14.2. The lowest BCUT2D eigenvalue weighted by molar-refractivity contribution is -0.142. The van der Waals surface area contributed by atoms with Gasteiger partial charge in [0.15, 0.2) is 0 Å². The van der Waals surface area contributed by atoms with Gasteiger partial charge in [0.05, 0.1) is 6.04 Å². The van der Waals surface area contributed by atoms with E-state index in [4.69, 9.17) is 17.2 Å². The van der Waals surface area contributed by atoms with Crippen LogP contribution in [-0.4, -0.2) is 53.5 Å². The molecule has 27 heavy (non-hydrogen) atoms. The number of primary amides is 1. The first-order valence-corrected chi connectivity index (χ1v) is 9.15. The van der Waals surface area contributed by atoms with Crippen LogP contribution < -0.4 is 27.8 Å². The van der Waals surface area contributed by atoms with E-state index in [9.17, 15) is 24.3 Å². The number of unbranched alkanes of at least 4 members (excludes halogenated alkanes) is 1. The summed E-state index contributed by atoms with van der Waals surface area (Å²) in [5.41, 5.74) is 16.3. The summed E-state index contributed by atoms with van der Waals surface area (Å²) in [6, 6.07) is -3.02. The first-order valence-electron chi connectivity index (χ1n) is 9.15. The van der Waals surface area contributed by atoms with E-state index in [1.54, 1.807) is 0 Å². The zero-order valence-corrected chi connectivity index (χ0v) is 16.1. The Labute approximate surface area is 159 Å². The van der Waals surface area contributed by atoms with Crippen molar-refractivity contribution in [3.63, 3.8) is 0 Å². The van der Waals surface area contributed by atoms with Gasteiger partial charge in [-0.2, -0.15) is 0 Å². The maximum absolute atomic E-state index is 12.5. The molecule has 0 bridgehead atoms. The highest BCUT2D eigenvalue weighted by atomic mass is 16.4. The zero-order valence-electron chi connectivity index (χ0n) is 16.1. The van der Waals surface area contributed by atoms with Crippen LogP contribution in [-0.2, 0) is 19.2 Å². The van der Waals surface area contributed by atoms with Crippen LogP contribution in [0, 0.1) is 5.92 Å². The standard InChI is InChI=1S/C17H33N5O5/c1-10(2)9-11(19)15(24)21-12(6-7-14(20)23)16(25)22-13(17(26)27)5-3-4-8-18/h10-13H,3-9,18-19H2,1-2H3,(H2,20,23)(H,21,24)(H,22,25)(H,26,27)/t11-,12-,13-/m0/s1. The topological polar surface area (TPSA) is 191 Å². The van der Waals surface area contributed by atoms with Gasteiger partial charge in [0.1, 0.15) is 12.1 Å². The van der Waals surface area contributed by atoms with Gasteiger partial charge < -0.3 is 32.9 Å². The number of amides is 3. The summed E-state index contributed by atoms with van der Waals surface area (Å²) in [7, 11) is 0. The van der Waals surface area contributed by atoms with E-state index in [2.05, 4.69) is 10.6 Å². The fraction of sp³-hybridized carbons (Fsp3) is 0.765. The molecule has 0 aromatic carbocycles. The van der Waals surface area contributed by atoms with E-state index in [0.717, 1.165) is 0 Å². The number of nitrogens with one attached hydrogen (secondary N) is 2. The number of carboxylic acids is 1. The molecule has 0 aliphatic heterocycles. The molecule has 0 aromatic rings. The third kappa shape index (κ3) is 11.2. The van der Waals surface area contributed by atoms with Crippen LogP contribution in [0.4, 0.5) is 0 Å². The molecule has 0 aliphatic carbocycles. The zero-order chi connectivity index (χ0) is 21.0. The Hall–Kier alpha value is -2.20. The molecule has 0 aromatic heterocycles. The van der Waals surface area contributed by atoms with Gasteiger partial charge >= 0.3 is 5.97 Å². The Morgan fingerprint density at radius 3 is 2.04 bits per heavy atom. The summed E-state index contributed by atoms with van der Waals surface area (Å²) in [5.74, 6) is -2.87. The highest BCUT2D eigenvalue weighted by Crippen LogP contribution is 2.06. The SMILES string of the molecule is CC(C)C[C@H](N)C(=O)N[C@@H](CCC(N)=O)C(=O)N[C@@H](CCCCN)C(=O)O. The summed E-state index contributed by atoms with van der Waals surface area (Å²) in [4.78, 5) is 47.1. The van der Waals surface area contributed by atoms with Crippen molar-refractivity contribution in [2.24, 2.45) is 23.1 Å². The van der Waals surface area contributed by atoms with Gasteiger partial charge in [0.25, 0.3) is 0 Å². The Kier molecular flexibility index (Phi) is 12.0. The lowest BCUT2D eigenvalue weighted by Crippen LogP contribution is -2.54. The van der Waals surface area contributed by atoms with Gasteiger partial charge in [-0.3, -0.25) is 14.4 Å². The fourth-order valence-electron chi connectivity index (χ4n) is 2.47. The van der Waals surface area contributed by atoms with Crippen molar-refractivity contribution in [3.8, 4) is 0 Å². The summed E-state index contributed by atoms with van der Waals surface area (Å²) in [6.07, 6.45) is 1.62. The van der Waals surface area contributed by atoms with E-state index < -0.39 is 41.8 Å². The van der Waals surface area contributed by atoms with Crippen LogP contribution in [0.3, 0.4) is 0 Å². The number of nitrogens with two attached hydrogens (primary N) is 3. The molecular weight excluding hydrogens is 354 g/mol. The second kappa shape index (κ2) is 13.0. The lowest BCUT2D eigenvalue weighted by Gasteiger charge is -2.23. The molecule has 9 N–H and O–H groups in total. The molecule has 0 heterocycles. The monoisotopic (exact) mass is 387 g/mol. The van der Waals surface area contributed by atoms with Gasteiger partial charge in [-0.1, -0.05) is 13.8 Å². The molecule has 0 rings (SSSR count). The van der Waals surface area contributed by atoms with Crippen LogP contribution in [0.5, 0.6) is 0 Å². The Morgan fingerprint density at radius 2 is 1.56 bits per heavy atom. The number of carbonyl (C=O) groups excluding carboxylic acids is 3. The average Bonchev–Trinajstić information content (AvgIpc) is 2.56. The minimum absolute atomic E-state index is 0.0452. The van der Waals surface area contributed by atoms with Crippen molar-refractivity contribution >= 4 is 23.7 Å². The van der Waals surface area contributed by atoms with Crippen LogP contribution >= 0.6 is 0 Å². The molecule has 0 saturated heterocycles. The first kappa shape index (κ1) is 24.8. The number of carbonyl (C=O) groups is 4. The molecule has 0 fully saturated rings. The lowest BCUT2D eigenvalue weighted by atomic mass is 10.0. The molecule has 0 spiro atoms. The fourth-order valence-corrected chi connectivity index (χ4v) is 2.47. The van der Waals surface area contributed by atoms with Gasteiger partial charge in [-0.25, -0.2) is 4.79 Å². The predicted octanol–water partition coefficient (Wildman–Crippen LogP) is -1.19. The number of hydrogen-bond acceptors (Lipinski definition) is 6. The Bertz CT molecular complexity index is 512. The second-order valence-corrected chi connectivity index (χ2v) is 6.99. The van der Waals surface area contributed by atoms with E-state index >= 15 is 0 Å². The van der Waals surface area contributed by atoms with Crippen LogP contribution in [0.25, 0.3) is 0 Å². The van der Waals surface area contributed by atoms with Crippen molar-refractivity contribution in [1.82, 2.24) is 10.6 Å². The van der Waals surface area contributed by atoms with Crippen molar-refractivity contribution in [3.05, 3.63) is 0 Å². The van der Waals surface area contributed by atoms with E-state index in [1.165, 1.54) is 0 Å². The van der Waals surface area contributed by atoms with Gasteiger partial charge in [0.2, 0.25) is 17.7 Å². The van der Waals surface area contributed by atoms with Crippen molar-refractivity contribution < 1.29 is 24.3 Å². The Balaban J connectivity index is 5.01. The van der Waals surface area contributed by atoms with Crippen LogP contribution in [0.1, 0.15) is 52.4 Å². The van der Waals surface area contributed by atoms with Gasteiger partial charge in [-0.15, -0.1) is 0 Å². The summed E-state index contributed by atoms with van der Waals surface area (Å²) < 4.78 is 0. The predicted molar refractivity (Wildman–Crippen MR) is 100 cm³/mol. The highest BCUT2D eigenvalue weighted by Gasteiger charge is 2.28. The quantitative estimate of drug-likeness (QED) is 0.202. The number of rotatable bonds is 14. The van der Waals surface area contributed by atoms with Gasteiger partial charge in [0, 0.05) is 6.42 Å². The molecular formula is C17H33N5O5. The van der Waals surface area contributed by atoms with E-state index in [0.29, 0.717) is 25.8 Å². The molecule has 0 unspecified atom stereocenters. The molecule has 0 saturated carbocycles. The normalized spacial score (nSPS) is 14.3. The smallest absolute Gasteiger partial charge is 0.326 e. The molecule has 10 nitrogen and oxygen atoms in total. The highest BCUT2D eigenvalue weighted by molar-refractivity contribution is 5.92. The van der Waals surface area contributed by atoms with E-state index in [-0.39, 0.29) is 25.2 Å².